The lowest BCUT2D eigenvalue weighted by atomic mass is 9.87. The third-order valence-electron chi connectivity index (χ3n) is 3.15. The number of rotatable bonds is 4. The van der Waals surface area contributed by atoms with E-state index in [1.54, 1.807) is 6.08 Å². The summed E-state index contributed by atoms with van der Waals surface area (Å²) in [6.07, 6.45) is 3.56. The molecule has 0 spiro atoms. The number of aliphatic hydroxyl groups is 3. The van der Waals surface area contributed by atoms with Crippen LogP contribution in [0.25, 0.3) is 0 Å². The van der Waals surface area contributed by atoms with Gasteiger partial charge in [0.1, 0.15) is 24.4 Å². The molecule has 1 aliphatic carbocycles. The molecule has 4 nitrogen and oxygen atoms in total. The number of ether oxygens (including phenoxy) is 1. The minimum absolute atomic E-state index is 0.239. The van der Waals surface area contributed by atoms with Crippen LogP contribution in [-0.2, 0) is 4.74 Å². The molecule has 1 saturated heterocycles. The molecule has 0 radical (unpaired) electrons. The smallest absolute Gasteiger partial charge is 0.117 e. The summed E-state index contributed by atoms with van der Waals surface area (Å²) in [6, 6.07) is 0. The average Bonchev–Trinajstić information content (AvgIpc) is 3.06. The van der Waals surface area contributed by atoms with Gasteiger partial charge in [-0.25, -0.2) is 0 Å². The van der Waals surface area contributed by atoms with Crippen molar-refractivity contribution in [2.45, 2.75) is 44.2 Å². The molecule has 16 heavy (non-hydrogen) atoms. The van der Waals surface area contributed by atoms with Gasteiger partial charge in [-0.3, -0.25) is 0 Å². The Balaban J connectivity index is 2.21. The molecule has 1 heterocycles. The minimum Gasteiger partial charge on any atom is -0.392 e. The van der Waals surface area contributed by atoms with Gasteiger partial charge >= 0.3 is 0 Å². The van der Waals surface area contributed by atoms with Crippen molar-refractivity contribution in [1.29, 1.82) is 0 Å². The van der Waals surface area contributed by atoms with Crippen molar-refractivity contribution in [1.82, 2.24) is 0 Å². The van der Waals surface area contributed by atoms with Gasteiger partial charge in [0.05, 0.1) is 6.61 Å². The van der Waals surface area contributed by atoms with E-state index in [9.17, 15) is 15.3 Å². The van der Waals surface area contributed by atoms with Gasteiger partial charge in [-0.2, -0.15) is 0 Å². The highest BCUT2D eigenvalue weighted by Crippen LogP contribution is 2.40. The van der Waals surface area contributed by atoms with Gasteiger partial charge in [0.2, 0.25) is 0 Å². The Morgan fingerprint density at radius 2 is 1.94 bits per heavy atom. The second-order valence-electron chi connectivity index (χ2n) is 4.28. The number of aliphatic hydroxyl groups excluding tert-OH is 3. The molecule has 2 rings (SSSR count). The molecule has 1 aliphatic heterocycles. The quantitative estimate of drug-likeness (QED) is 0.596. The number of allylic oxidation sites excluding steroid dienone is 1. The highest BCUT2D eigenvalue weighted by Gasteiger charge is 2.54. The molecule has 90 valence electrons. The van der Waals surface area contributed by atoms with Crippen LogP contribution in [-0.4, -0.2) is 46.3 Å². The molecule has 2 aliphatic rings. The summed E-state index contributed by atoms with van der Waals surface area (Å²) < 4.78 is 5.18. The maximum Gasteiger partial charge on any atom is 0.117 e. The van der Waals surface area contributed by atoms with Crippen LogP contribution in [0.4, 0.5) is 0 Å². The summed E-state index contributed by atoms with van der Waals surface area (Å²) in [4.78, 5) is 0. The van der Waals surface area contributed by atoms with Crippen molar-refractivity contribution in [2.75, 3.05) is 6.61 Å². The molecule has 0 unspecified atom stereocenters. The highest BCUT2D eigenvalue weighted by atomic mass is 16.6. The number of hydrogen-bond donors (Lipinski definition) is 3. The lowest BCUT2D eigenvalue weighted by molar-refractivity contribution is 0.141. The van der Waals surface area contributed by atoms with E-state index in [0.717, 1.165) is 12.8 Å². The van der Waals surface area contributed by atoms with E-state index in [1.807, 2.05) is 6.08 Å². The second-order valence-corrected chi connectivity index (χ2v) is 4.28. The van der Waals surface area contributed by atoms with Crippen LogP contribution >= 0.6 is 0 Å². The van der Waals surface area contributed by atoms with Crippen LogP contribution in [0, 0.1) is 0 Å². The molecule has 3 N–H and O–H groups in total. The Labute approximate surface area is 94.9 Å². The lowest BCUT2D eigenvalue weighted by Gasteiger charge is -2.23. The number of epoxide rings is 1. The number of hydrogen-bond acceptors (Lipinski definition) is 4. The Morgan fingerprint density at radius 3 is 2.56 bits per heavy atom. The summed E-state index contributed by atoms with van der Waals surface area (Å²) in [7, 11) is 0. The van der Waals surface area contributed by atoms with Gasteiger partial charge in [-0.1, -0.05) is 25.5 Å². The first-order valence-corrected chi connectivity index (χ1v) is 5.72. The van der Waals surface area contributed by atoms with Crippen molar-refractivity contribution in [3.8, 4) is 0 Å². The molecular formula is C12H18O4. The predicted molar refractivity (Wildman–Crippen MR) is 58.8 cm³/mol. The molecule has 0 saturated carbocycles. The first-order valence-electron chi connectivity index (χ1n) is 5.72. The third-order valence-corrected chi connectivity index (χ3v) is 3.15. The van der Waals surface area contributed by atoms with Crippen LogP contribution < -0.4 is 0 Å². The fraction of sp³-hybridized carbons (Fsp3) is 0.667. The first-order chi connectivity index (χ1) is 7.70. The average molecular weight is 226 g/mol. The van der Waals surface area contributed by atoms with Crippen molar-refractivity contribution in [3.63, 3.8) is 0 Å². The van der Waals surface area contributed by atoms with Crippen LogP contribution in [0.1, 0.15) is 19.8 Å². The minimum atomic E-state index is -0.778. The second kappa shape index (κ2) is 4.67. The Kier molecular flexibility index (Phi) is 3.44. The van der Waals surface area contributed by atoms with E-state index in [1.165, 1.54) is 0 Å². The maximum atomic E-state index is 9.94. The van der Waals surface area contributed by atoms with E-state index >= 15 is 0 Å². The van der Waals surface area contributed by atoms with Crippen molar-refractivity contribution in [2.24, 2.45) is 0 Å². The van der Waals surface area contributed by atoms with Gasteiger partial charge in [-0.05, 0) is 17.6 Å². The highest BCUT2D eigenvalue weighted by molar-refractivity contribution is 5.39. The summed E-state index contributed by atoms with van der Waals surface area (Å²) in [5.74, 6) is 0. The molecule has 0 aromatic rings. The Bertz CT molecular complexity index is 321. The monoisotopic (exact) mass is 226 g/mol. The maximum absolute atomic E-state index is 9.94. The SMILES string of the molecule is CCC/C=C/C1=C(CO)[C@@H](O)[C@@H]2O[C@@H]2[C@@H]1O. The van der Waals surface area contributed by atoms with Crippen molar-refractivity contribution in [3.05, 3.63) is 23.3 Å². The fourth-order valence-corrected chi connectivity index (χ4v) is 2.15. The zero-order chi connectivity index (χ0) is 11.7. The van der Waals surface area contributed by atoms with Crippen molar-refractivity contribution < 1.29 is 20.1 Å². The number of unbranched alkanes of at least 4 members (excludes halogenated alkanes) is 1. The zero-order valence-electron chi connectivity index (χ0n) is 9.34. The lowest BCUT2D eigenvalue weighted by Crippen LogP contribution is -2.35. The third kappa shape index (κ3) is 1.94. The standard InChI is InChI=1S/C12H18O4/c1-2-3-4-5-7-8(6-13)10(15)12-11(16-12)9(7)14/h4-5,9-15H,2-3,6H2,1H3/b5-4+/t9-,10-,11-,12+/m1/s1. The molecule has 1 fully saturated rings. The van der Waals surface area contributed by atoms with Gasteiger partial charge in [-0.15, -0.1) is 0 Å². The predicted octanol–water partition coefficient (Wildman–Crippen LogP) is 0.134. The van der Waals surface area contributed by atoms with Crippen LogP contribution in [0.15, 0.2) is 23.3 Å². The summed E-state index contributed by atoms with van der Waals surface area (Å²) in [5.41, 5.74) is 1.10. The van der Waals surface area contributed by atoms with Gasteiger partial charge in [0.15, 0.2) is 0 Å². The first kappa shape index (κ1) is 11.8. The molecule has 0 aromatic heterocycles. The van der Waals surface area contributed by atoms with Crippen LogP contribution in [0.3, 0.4) is 0 Å². The van der Waals surface area contributed by atoms with E-state index in [4.69, 9.17) is 4.74 Å². The van der Waals surface area contributed by atoms with Crippen molar-refractivity contribution >= 4 is 0 Å². The van der Waals surface area contributed by atoms with E-state index in [-0.39, 0.29) is 18.8 Å². The largest absolute Gasteiger partial charge is 0.392 e. The zero-order valence-corrected chi connectivity index (χ0v) is 9.34. The van der Waals surface area contributed by atoms with Gasteiger partial charge in [0.25, 0.3) is 0 Å². The normalized spacial score (nSPS) is 38.0. The van der Waals surface area contributed by atoms with Crippen LogP contribution in [0.2, 0.25) is 0 Å². The van der Waals surface area contributed by atoms with Crippen LogP contribution in [0.5, 0.6) is 0 Å². The summed E-state index contributed by atoms with van der Waals surface area (Å²) in [5, 5.41) is 29.0. The molecular weight excluding hydrogens is 208 g/mol. The number of fused-ring (bicyclic) bond motifs is 1. The van der Waals surface area contributed by atoms with E-state index in [2.05, 4.69) is 6.92 Å². The summed E-state index contributed by atoms with van der Waals surface area (Å²) >= 11 is 0. The van der Waals surface area contributed by atoms with E-state index in [0.29, 0.717) is 11.1 Å². The van der Waals surface area contributed by atoms with Gasteiger partial charge < -0.3 is 20.1 Å². The molecule has 4 heteroatoms. The Morgan fingerprint density at radius 1 is 1.25 bits per heavy atom. The Hall–Kier alpha value is -0.680. The molecule has 0 bridgehead atoms. The molecule has 4 atom stereocenters. The molecule has 0 aromatic carbocycles. The van der Waals surface area contributed by atoms with Gasteiger partial charge in [0, 0.05) is 0 Å². The summed E-state index contributed by atoms with van der Waals surface area (Å²) in [6.45, 7) is 1.83. The topological polar surface area (TPSA) is 73.2 Å². The molecule has 0 amide bonds. The van der Waals surface area contributed by atoms with E-state index < -0.39 is 12.2 Å². The fourth-order valence-electron chi connectivity index (χ4n) is 2.15.